The van der Waals surface area contributed by atoms with Gasteiger partial charge in [-0.1, -0.05) is 25.1 Å². The molecule has 1 unspecified atom stereocenters. The number of aliphatic hydroxyl groups is 1. The molecule has 0 amide bonds. The van der Waals surface area contributed by atoms with E-state index in [4.69, 9.17) is 4.42 Å². The lowest BCUT2D eigenvalue weighted by atomic mass is 9.67. The summed E-state index contributed by atoms with van der Waals surface area (Å²) in [6.45, 7) is 4.08. The van der Waals surface area contributed by atoms with Crippen molar-refractivity contribution in [2.75, 3.05) is 0 Å². The van der Waals surface area contributed by atoms with E-state index in [0.29, 0.717) is 5.92 Å². The lowest BCUT2D eigenvalue weighted by Crippen LogP contribution is -2.32. The second-order valence-electron chi connectivity index (χ2n) is 6.42. The van der Waals surface area contributed by atoms with Crippen molar-refractivity contribution in [2.45, 2.75) is 45.6 Å². The lowest BCUT2D eigenvalue weighted by molar-refractivity contribution is 0.0265. The number of nitriles is 1. The molecule has 1 aliphatic carbocycles. The van der Waals surface area contributed by atoms with E-state index in [1.54, 1.807) is 0 Å². The fourth-order valence-corrected chi connectivity index (χ4v) is 3.53. The minimum Gasteiger partial charge on any atom is -0.461 e. The highest BCUT2D eigenvalue weighted by atomic mass is 16.3. The summed E-state index contributed by atoms with van der Waals surface area (Å²) < 4.78 is 5.75. The Labute approximate surface area is 125 Å². The molecule has 1 aromatic heterocycles. The summed E-state index contributed by atoms with van der Waals surface area (Å²) in [6.07, 6.45) is 2.73. The molecule has 1 fully saturated rings. The maximum absolute atomic E-state index is 11.0. The van der Waals surface area contributed by atoms with Crippen LogP contribution in [0.15, 0.2) is 28.7 Å². The zero-order chi connectivity index (χ0) is 15.0. The summed E-state index contributed by atoms with van der Waals surface area (Å²) in [5.74, 6) is 1.36. The molecule has 1 aromatic carbocycles. The van der Waals surface area contributed by atoms with Gasteiger partial charge in [0.1, 0.15) is 17.4 Å². The van der Waals surface area contributed by atoms with E-state index >= 15 is 0 Å². The average Bonchev–Trinajstić information content (AvgIpc) is 2.83. The Morgan fingerprint density at radius 1 is 1.33 bits per heavy atom. The van der Waals surface area contributed by atoms with Crippen LogP contribution < -0.4 is 0 Å². The zero-order valence-electron chi connectivity index (χ0n) is 12.6. The van der Waals surface area contributed by atoms with Gasteiger partial charge in [0.2, 0.25) is 0 Å². The number of aliphatic hydroxyl groups excluding tert-OH is 1. The molecule has 1 atom stereocenters. The first-order chi connectivity index (χ1) is 10.1. The number of hydrogen-bond acceptors (Lipinski definition) is 3. The van der Waals surface area contributed by atoms with Gasteiger partial charge in [0.25, 0.3) is 0 Å². The van der Waals surface area contributed by atoms with Crippen molar-refractivity contribution >= 4 is 11.0 Å². The van der Waals surface area contributed by atoms with E-state index in [9.17, 15) is 10.4 Å². The van der Waals surface area contributed by atoms with E-state index < -0.39 is 11.5 Å². The van der Waals surface area contributed by atoms with Crippen LogP contribution >= 0.6 is 0 Å². The molecular weight excluding hydrogens is 262 g/mol. The Balaban J connectivity index is 2.05. The van der Waals surface area contributed by atoms with Gasteiger partial charge in [0, 0.05) is 10.9 Å². The number of hydrogen-bond donors (Lipinski definition) is 1. The van der Waals surface area contributed by atoms with Crippen molar-refractivity contribution in [3.05, 3.63) is 35.6 Å². The maximum atomic E-state index is 11.0. The summed E-state index contributed by atoms with van der Waals surface area (Å²) in [5, 5.41) is 21.6. The quantitative estimate of drug-likeness (QED) is 0.883. The van der Waals surface area contributed by atoms with Crippen molar-refractivity contribution in [1.82, 2.24) is 0 Å². The molecule has 1 N–H and O–H groups in total. The van der Waals surface area contributed by atoms with E-state index in [0.717, 1.165) is 48.0 Å². The zero-order valence-corrected chi connectivity index (χ0v) is 12.6. The molecule has 1 saturated carbocycles. The van der Waals surface area contributed by atoms with Crippen LogP contribution in [0.1, 0.15) is 50.0 Å². The third-order valence-corrected chi connectivity index (χ3v) is 5.01. The molecule has 0 radical (unpaired) electrons. The molecule has 0 spiro atoms. The molecule has 110 valence electrons. The second kappa shape index (κ2) is 5.20. The van der Waals surface area contributed by atoms with Crippen molar-refractivity contribution in [1.29, 1.82) is 5.26 Å². The third-order valence-electron chi connectivity index (χ3n) is 5.01. The number of para-hydroxylation sites is 1. The van der Waals surface area contributed by atoms with Crippen LogP contribution in [0.3, 0.4) is 0 Å². The van der Waals surface area contributed by atoms with E-state index in [-0.39, 0.29) is 0 Å². The Hall–Kier alpha value is -1.79. The topological polar surface area (TPSA) is 57.2 Å². The highest BCUT2D eigenvalue weighted by molar-refractivity contribution is 5.82. The maximum Gasteiger partial charge on any atom is 0.134 e. The number of furan rings is 1. The van der Waals surface area contributed by atoms with Gasteiger partial charge in [0.05, 0.1) is 11.5 Å². The van der Waals surface area contributed by atoms with Gasteiger partial charge in [-0.2, -0.15) is 5.26 Å². The Morgan fingerprint density at radius 2 is 2.00 bits per heavy atom. The highest BCUT2D eigenvalue weighted by Crippen LogP contribution is 2.49. The summed E-state index contributed by atoms with van der Waals surface area (Å²) in [5.41, 5.74) is 0.896. The molecule has 3 nitrogen and oxygen atoms in total. The highest BCUT2D eigenvalue weighted by Gasteiger charge is 2.43. The largest absolute Gasteiger partial charge is 0.461 e. The average molecular weight is 283 g/mol. The Bertz CT molecular complexity index is 687. The molecule has 0 aliphatic heterocycles. The van der Waals surface area contributed by atoms with Gasteiger partial charge in [-0.15, -0.1) is 0 Å². The third kappa shape index (κ3) is 2.24. The number of aryl methyl sites for hydroxylation is 1. The standard InChI is InChI=1S/C18H21NO2/c1-12-7-9-18(11-19,10-8-12)17(20)16-13(2)21-15-6-4-3-5-14(15)16/h3-6,12,17,20H,7-10H2,1-2H3. The van der Waals surface area contributed by atoms with Crippen LogP contribution in [0.5, 0.6) is 0 Å². The first-order valence-electron chi connectivity index (χ1n) is 7.65. The summed E-state index contributed by atoms with van der Waals surface area (Å²) in [6, 6.07) is 10.1. The van der Waals surface area contributed by atoms with Crippen molar-refractivity contribution < 1.29 is 9.52 Å². The van der Waals surface area contributed by atoms with E-state index in [2.05, 4.69) is 13.0 Å². The molecule has 0 bridgehead atoms. The predicted molar refractivity (Wildman–Crippen MR) is 81.6 cm³/mol. The van der Waals surface area contributed by atoms with Crippen LogP contribution in [-0.4, -0.2) is 5.11 Å². The van der Waals surface area contributed by atoms with Crippen LogP contribution in [0.25, 0.3) is 11.0 Å². The fraction of sp³-hybridized carbons (Fsp3) is 0.500. The summed E-state index contributed by atoms with van der Waals surface area (Å²) in [7, 11) is 0. The van der Waals surface area contributed by atoms with Gasteiger partial charge in [-0.05, 0) is 44.6 Å². The van der Waals surface area contributed by atoms with E-state index in [1.807, 2.05) is 31.2 Å². The van der Waals surface area contributed by atoms with Crippen LogP contribution in [0.2, 0.25) is 0 Å². The first kappa shape index (κ1) is 14.2. The summed E-state index contributed by atoms with van der Waals surface area (Å²) in [4.78, 5) is 0. The van der Waals surface area contributed by atoms with Crippen molar-refractivity contribution in [2.24, 2.45) is 11.3 Å². The molecular formula is C18H21NO2. The van der Waals surface area contributed by atoms with Gasteiger partial charge in [-0.3, -0.25) is 0 Å². The monoisotopic (exact) mass is 283 g/mol. The lowest BCUT2D eigenvalue weighted by Gasteiger charge is -2.37. The molecule has 3 rings (SSSR count). The SMILES string of the molecule is Cc1oc2ccccc2c1C(O)C1(C#N)CCC(C)CC1. The normalized spacial score (nSPS) is 27.4. The number of nitrogens with zero attached hydrogens (tertiary/aromatic N) is 1. The number of rotatable bonds is 2. The van der Waals surface area contributed by atoms with Crippen molar-refractivity contribution in [3.63, 3.8) is 0 Å². The van der Waals surface area contributed by atoms with Crippen molar-refractivity contribution in [3.8, 4) is 6.07 Å². The van der Waals surface area contributed by atoms with Gasteiger partial charge in [-0.25, -0.2) is 0 Å². The van der Waals surface area contributed by atoms with E-state index in [1.165, 1.54) is 0 Å². The van der Waals surface area contributed by atoms with Gasteiger partial charge < -0.3 is 9.52 Å². The molecule has 2 aromatic rings. The predicted octanol–water partition coefficient (Wildman–Crippen LogP) is 4.49. The minimum atomic E-state index is -0.779. The minimum absolute atomic E-state index is 0.640. The van der Waals surface area contributed by atoms with Crippen LogP contribution in [0, 0.1) is 29.6 Å². The molecule has 0 saturated heterocycles. The second-order valence-corrected chi connectivity index (χ2v) is 6.42. The number of fused-ring (bicyclic) bond motifs is 1. The van der Waals surface area contributed by atoms with Crippen LogP contribution in [-0.2, 0) is 0 Å². The fourth-order valence-electron chi connectivity index (χ4n) is 3.53. The Morgan fingerprint density at radius 3 is 2.67 bits per heavy atom. The van der Waals surface area contributed by atoms with Crippen LogP contribution in [0.4, 0.5) is 0 Å². The molecule has 1 heterocycles. The molecule has 21 heavy (non-hydrogen) atoms. The smallest absolute Gasteiger partial charge is 0.134 e. The number of benzene rings is 1. The molecule has 3 heteroatoms. The first-order valence-corrected chi connectivity index (χ1v) is 7.65. The Kier molecular flexibility index (Phi) is 3.51. The van der Waals surface area contributed by atoms with Gasteiger partial charge >= 0.3 is 0 Å². The van der Waals surface area contributed by atoms with Gasteiger partial charge in [0.15, 0.2) is 0 Å². The molecule has 1 aliphatic rings. The summed E-state index contributed by atoms with van der Waals surface area (Å²) >= 11 is 0.